The van der Waals surface area contributed by atoms with Crippen LogP contribution in [-0.4, -0.2) is 24.1 Å². The zero-order chi connectivity index (χ0) is 20.3. The Bertz CT molecular complexity index is 1190. The smallest absolute Gasteiger partial charge is 0.267 e. The fourth-order valence-corrected chi connectivity index (χ4v) is 3.53. The second kappa shape index (κ2) is 7.69. The number of hydrogen-bond donors (Lipinski definition) is 1. The van der Waals surface area contributed by atoms with E-state index < -0.39 is 44.5 Å². The van der Waals surface area contributed by atoms with Crippen molar-refractivity contribution in [1.29, 1.82) is 0 Å². The van der Waals surface area contributed by atoms with Crippen molar-refractivity contribution in [3.05, 3.63) is 82.7 Å². The Labute approximate surface area is 158 Å². The number of anilines is 1. The molecule has 0 spiro atoms. The van der Waals surface area contributed by atoms with Crippen LogP contribution in [0.4, 0.5) is 14.5 Å². The maximum atomic E-state index is 13.3. The number of nitrogens with one attached hydrogen (secondary N) is 1. The molecule has 7 nitrogen and oxygen atoms in total. The minimum Gasteiger partial charge on any atom is -0.324 e. The number of carbonyl (C=O) groups is 1. The van der Waals surface area contributed by atoms with Crippen molar-refractivity contribution >= 4 is 21.4 Å². The molecule has 0 unspecified atom stereocenters. The molecule has 144 valence electrons. The summed E-state index contributed by atoms with van der Waals surface area (Å²) < 4.78 is 52.1. The van der Waals surface area contributed by atoms with E-state index in [0.29, 0.717) is 10.4 Å². The van der Waals surface area contributed by atoms with Crippen molar-refractivity contribution in [3.63, 3.8) is 0 Å². The van der Waals surface area contributed by atoms with Crippen LogP contribution in [0.3, 0.4) is 0 Å². The van der Waals surface area contributed by atoms with Gasteiger partial charge in [-0.15, -0.1) is 0 Å². The Kier molecular flexibility index (Phi) is 5.32. The summed E-state index contributed by atoms with van der Waals surface area (Å²) in [5.74, 6) is -1.89. The zero-order valence-corrected chi connectivity index (χ0v) is 15.0. The van der Waals surface area contributed by atoms with Crippen LogP contribution in [0.2, 0.25) is 0 Å². The van der Waals surface area contributed by atoms with Gasteiger partial charge in [-0.2, -0.15) is 5.10 Å². The number of halogens is 2. The Morgan fingerprint density at radius 1 is 1.00 bits per heavy atom. The van der Waals surface area contributed by atoms with Crippen molar-refractivity contribution < 1.29 is 22.0 Å². The van der Waals surface area contributed by atoms with Gasteiger partial charge in [0.25, 0.3) is 5.56 Å². The Balaban J connectivity index is 1.86. The molecular formula is C18H13F2N3O4S. The molecule has 3 aromatic rings. The minimum atomic E-state index is -4.18. The highest BCUT2D eigenvalue weighted by molar-refractivity contribution is 7.91. The van der Waals surface area contributed by atoms with Crippen molar-refractivity contribution in [3.8, 4) is 0 Å². The third-order valence-corrected chi connectivity index (χ3v) is 5.29. The SMILES string of the molecule is O=C(Cn1nc(S(=O)(=O)c2cccc(F)c2)ccc1=O)Nc1ccc(F)cc1. The first-order valence-corrected chi connectivity index (χ1v) is 9.38. The highest BCUT2D eigenvalue weighted by Crippen LogP contribution is 2.18. The number of benzene rings is 2. The lowest BCUT2D eigenvalue weighted by Crippen LogP contribution is -2.30. The van der Waals surface area contributed by atoms with Gasteiger partial charge in [0.2, 0.25) is 15.7 Å². The third-order valence-electron chi connectivity index (χ3n) is 3.65. The Morgan fingerprint density at radius 2 is 1.71 bits per heavy atom. The van der Waals surface area contributed by atoms with Gasteiger partial charge in [-0.3, -0.25) is 9.59 Å². The molecule has 3 rings (SSSR count). The third kappa shape index (κ3) is 4.29. The highest BCUT2D eigenvalue weighted by Gasteiger charge is 2.21. The van der Waals surface area contributed by atoms with Gasteiger partial charge in [-0.1, -0.05) is 6.07 Å². The fourth-order valence-electron chi connectivity index (χ4n) is 2.31. The molecular weight excluding hydrogens is 392 g/mol. The average molecular weight is 405 g/mol. The molecule has 10 heteroatoms. The van der Waals surface area contributed by atoms with Crippen LogP contribution in [0.25, 0.3) is 0 Å². The van der Waals surface area contributed by atoms with E-state index in [1.165, 1.54) is 24.3 Å². The van der Waals surface area contributed by atoms with E-state index >= 15 is 0 Å². The minimum absolute atomic E-state index is 0.294. The summed E-state index contributed by atoms with van der Waals surface area (Å²) in [5, 5.41) is 5.65. The van der Waals surface area contributed by atoms with E-state index in [0.717, 1.165) is 36.4 Å². The van der Waals surface area contributed by atoms with Crippen LogP contribution >= 0.6 is 0 Å². The number of rotatable bonds is 5. The molecule has 1 N–H and O–H groups in total. The van der Waals surface area contributed by atoms with Gasteiger partial charge in [-0.25, -0.2) is 21.9 Å². The van der Waals surface area contributed by atoms with Crippen molar-refractivity contribution in [2.75, 3.05) is 5.32 Å². The molecule has 0 fully saturated rings. The van der Waals surface area contributed by atoms with Gasteiger partial charge in [0, 0.05) is 11.8 Å². The molecule has 2 aromatic carbocycles. The molecule has 1 heterocycles. The lowest BCUT2D eigenvalue weighted by atomic mass is 10.3. The Hall–Kier alpha value is -3.40. The molecule has 0 aliphatic heterocycles. The second-order valence-corrected chi connectivity index (χ2v) is 7.58. The number of nitrogens with zero attached hydrogens (tertiary/aromatic N) is 2. The average Bonchev–Trinajstić information content (AvgIpc) is 2.65. The maximum absolute atomic E-state index is 13.3. The summed E-state index contributed by atoms with van der Waals surface area (Å²) in [6, 6.07) is 11.2. The van der Waals surface area contributed by atoms with Crippen LogP contribution in [0.1, 0.15) is 0 Å². The molecule has 0 aliphatic rings. The van der Waals surface area contributed by atoms with Crippen LogP contribution in [0, 0.1) is 11.6 Å². The molecule has 0 bridgehead atoms. The summed E-state index contributed by atoms with van der Waals surface area (Å²) in [4.78, 5) is 23.7. The number of aromatic nitrogens is 2. The van der Waals surface area contributed by atoms with E-state index in [4.69, 9.17) is 0 Å². The van der Waals surface area contributed by atoms with Crippen molar-refractivity contribution in [2.24, 2.45) is 0 Å². The van der Waals surface area contributed by atoms with E-state index in [1.54, 1.807) is 0 Å². The molecule has 0 saturated carbocycles. The molecule has 0 saturated heterocycles. The van der Waals surface area contributed by atoms with Gasteiger partial charge in [-0.05, 0) is 48.5 Å². The first-order valence-electron chi connectivity index (χ1n) is 7.90. The predicted molar refractivity (Wildman–Crippen MR) is 95.4 cm³/mol. The summed E-state index contributed by atoms with van der Waals surface area (Å²) >= 11 is 0. The fraction of sp³-hybridized carbons (Fsp3) is 0.0556. The van der Waals surface area contributed by atoms with Gasteiger partial charge in [0.15, 0.2) is 5.03 Å². The number of sulfone groups is 1. The van der Waals surface area contributed by atoms with Gasteiger partial charge < -0.3 is 5.32 Å². The topological polar surface area (TPSA) is 98.1 Å². The summed E-state index contributed by atoms with van der Waals surface area (Å²) in [6.07, 6.45) is 0. The lowest BCUT2D eigenvalue weighted by Gasteiger charge is -2.09. The zero-order valence-electron chi connectivity index (χ0n) is 14.2. The van der Waals surface area contributed by atoms with E-state index in [1.807, 2.05) is 0 Å². The number of carbonyl (C=O) groups excluding carboxylic acids is 1. The first-order chi connectivity index (χ1) is 13.3. The second-order valence-electron chi connectivity index (χ2n) is 5.68. The highest BCUT2D eigenvalue weighted by atomic mass is 32.2. The lowest BCUT2D eigenvalue weighted by molar-refractivity contribution is -0.117. The monoisotopic (exact) mass is 405 g/mol. The molecule has 0 radical (unpaired) electrons. The van der Waals surface area contributed by atoms with Gasteiger partial charge in [0.1, 0.15) is 18.2 Å². The van der Waals surface area contributed by atoms with Crippen LogP contribution in [0.15, 0.2) is 75.4 Å². The van der Waals surface area contributed by atoms with Crippen LogP contribution in [-0.2, 0) is 21.2 Å². The van der Waals surface area contributed by atoms with Crippen LogP contribution < -0.4 is 10.9 Å². The maximum Gasteiger partial charge on any atom is 0.267 e. The molecule has 0 atom stereocenters. The summed E-state index contributed by atoms with van der Waals surface area (Å²) in [5.41, 5.74) is -0.407. The van der Waals surface area contributed by atoms with Crippen LogP contribution in [0.5, 0.6) is 0 Å². The van der Waals surface area contributed by atoms with Gasteiger partial charge in [0.05, 0.1) is 4.90 Å². The molecule has 0 aliphatic carbocycles. The summed E-state index contributed by atoms with van der Waals surface area (Å²) in [7, 11) is -4.18. The largest absolute Gasteiger partial charge is 0.324 e. The molecule has 28 heavy (non-hydrogen) atoms. The van der Waals surface area contributed by atoms with Crippen molar-refractivity contribution in [2.45, 2.75) is 16.5 Å². The van der Waals surface area contributed by atoms with E-state index in [2.05, 4.69) is 10.4 Å². The number of hydrogen-bond acceptors (Lipinski definition) is 5. The van der Waals surface area contributed by atoms with E-state index in [9.17, 15) is 26.8 Å². The quantitative estimate of drug-likeness (QED) is 0.700. The Morgan fingerprint density at radius 3 is 2.39 bits per heavy atom. The van der Waals surface area contributed by atoms with Crippen molar-refractivity contribution in [1.82, 2.24) is 9.78 Å². The van der Waals surface area contributed by atoms with Gasteiger partial charge >= 0.3 is 0 Å². The normalized spacial score (nSPS) is 11.2. The molecule has 1 amide bonds. The summed E-state index contributed by atoms with van der Waals surface area (Å²) in [6.45, 7) is -0.567. The predicted octanol–water partition coefficient (Wildman–Crippen LogP) is 1.99. The first kappa shape index (κ1) is 19.4. The standard InChI is InChI=1S/C18H13F2N3O4S/c19-12-4-6-14(7-5-12)21-16(24)11-23-18(25)9-8-17(22-23)28(26,27)15-3-1-2-13(20)10-15/h1-10H,11H2,(H,21,24). The van der Waals surface area contributed by atoms with E-state index in [-0.39, 0.29) is 4.90 Å². The molecule has 1 aromatic heterocycles. The number of amides is 1.